The molecule has 5 nitrogen and oxygen atoms in total. The molecule has 1 amide bonds. The number of carbonyl (C=O) groups excluding carboxylic acids is 1. The Hall–Kier alpha value is -0.650. The van der Waals surface area contributed by atoms with Gasteiger partial charge in [0.05, 0.1) is 38.5 Å². The van der Waals surface area contributed by atoms with Gasteiger partial charge in [0, 0.05) is 18.5 Å². The minimum Gasteiger partial charge on any atom is -0.379 e. The van der Waals surface area contributed by atoms with Crippen molar-refractivity contribution in [2.75, 3.05) is 39.5 Å². The topological polar surface area (TPSA) is 50.8 Å². The van der Waals surface area contributed by atoms with Crippen molar-refractivity contribution in [3.8, 4) is 0 Å². The number of morpholine rings is 1. The highest BCUT2D eigenvalue weighted by Crippen LogP contribution is 2.22. The highest BCUT2D eigenvalue weighted by Gasteiger charge is 2.37. The van der Waals surface area contributed by atoms with Crippen LogP contribution in [0, 0.1) is 5.41 Å². The molecule has 19 heavy (non-hydrogen) atoms. The van der Waals surface area contributed by atoms with Crippen LogP contribution in [-0.4, -0.2) is 62.4 Å². The summed E-state index contributed by atoms with van der Waals surface area (Å²) in [4.78, 5) is 14.6. The molecular formula is C14H26N2O3. The third-order valence-electron chi connectivity index (χ3n) is 4.38. The highest BCUT2D eigenvalue weighted by molar-refractivity contribution is 5.82. The summed E-state index contributed by atoms with van der Waals surface area (Å²) in [6.45, 7) is 10.8. The smallest absolute Gasteiger partial charge is 0.225 e. The van der Waals surface area contributed by atoms with Gasteiger partial charge in [0.25, 0.3) is 0 Å². The van der Waals surface area contributed by atoms with Crippen LogP contribution in [0.25, 0.3) is 0 Å². The maximum atomic E-state index is 12.3. The Kier molecular flexibility index (Phi) is 4.81. The first-order chi connectivity index (χ1) is 9.04. The largest absolute Gasteiger partial charge is 0.379 e. The quantitative estimate of drug-likeness (QED) is 0.814. The van der Waals surface area contributed by atoms with Crippen molar-refractivity contribution in [2.24, 2.45) is 5.41 Å². The van der Waals surface area contributed by atoms with E-state index in [1.54, 1.807) is 0 Å². The third kappa shape index (κ3) is 3.46. The molecule has 2 heterocycles. The van der Waals surface area contributed by atoms with E-state index >= 15 is 0 Å². The summed E-state index contributed by atoms with van der Waals surface area (Å²) in [5.41, 5.74) is -0.307. The average molecular weight is 270 g/mol. The highest BCUT2D eigenvalue weighted by atomic mass is 16.5. The summed E-state index contributed by atoms with van der Waals surface area (Å²) in [5, 5.41) is 3.17. The zero-order valence-electron chi connectivity index (χ0n) is 12.3. The van der Waals surface area contributed by atoms with Gasteiger partial charge >= 0.3 is 0 Å². The fourth-order valence-electron chi connectivity index (χ4n) is 2.47. The van der Waals surface area contributed by atoms with Crippen molar-refractivity contribution >= 4 is 5.91 Å². The van der Waals surface area contributed by atoms with E-state index < -0.39 is 0 Å². The number of rotatable bonds is 4. The average Bonchev–Trinajstić information content (AvgIpc) is 2.88. The molecule has 0 aromatic rings. The molecule has 110 valence electrons. The van der Waals surface area contributed by atoms with Crippen LogP contribution in [0.4, 0.5) is 0 Å². The molecule has 2 atom stereocenters. The van der Waals surface area contributed by atoms with Crippen LogP contribution >= 0.6 is 0 Å². The number of nitrogens with one attached hydrogen (secondary N) is 1. The Morgan fingerprint density at radius 2 is 1.95 bits per heavy atom. The van der Waals surface area contributed by atoms with Crippen LogP contribution in [-0.2, 0) is 14.3 Å². The number of hydrogen-bond donors (Lipinski definition) is 1. The summed E-state index contributed by atoms with van der Waals surface area (Å²) < 4.78 is 11.0. The number of hydrogen-bond acceptors (Lipinski definition) is 4. The molecule has 0 bridgehead atoms. The van der Waals surface area contributed by atoms with E-state index in [2.05, 4.69) is 10.2 Å². The van der Waals surface area contributed by atoms with Crippen LogP contribution in [0.15, 0.2) is 0 Å². The van der Waals surface area contributed by atoms with Gasteiger partial charge in [-0.2, -0.15) is 0 Å². The minimum absolute atomic E-state index is 0.108. The Morgan fingerprint density at radius 1 is 1.26 bits per heavy atom. The lowest BCUT2D eigenvalue weighted by Crippen LogP contribution is -2.55. The first-order valence-corrected chi connectivity index (χ1v) is 7.25. The van der Waals surface area contributed by atoms with E-state index in [1.807, 2.05) is 20.8 Å². The van der Waals surface area contributed by atoms with Gasteiger partial charge in [-0.15, -0.1) is 0 Å². The molecule has 0 aromatic heterocycles. The van der Waals surface area contributed by atoms with Crippen molar-refractivity contribution in [3.63, 3.8) is 0 Å². The summed E-state index contributed by atoms with van der Waals surface area (Å²) in [7, 11) is 0. The summed E-state index contributed by atoms with van der Waals surface area (Å²) in [5.74, 6) is 0.128. The van der Waals surface area contributed by atoms with Gasteiger partial charge < -0.3 is 14.8 Å². The minimum atomic E-state index is -0.307. The molecule has 2 rings (SSSR count). The van der Waals surface area contributed by atoms with Gasteiger partial charge in [0.15, 0.2) is 0 Å². The van der Waals surface area contributed by atoms with Crippen LogP contribution in [0.2, 0.25) is 0 Å². The second kappa shape index (κ2) is 6.20. The lowest BCUT2D eigenvalue weighted by atomic mass is 9.88. The van der Waals surface area contributed by atoms with Gasteiger partial charge in [-0.3, -0.25) is 9.69 Å². The van der Waals surface area contributed by atoms with E-state index in [0.717, 1.165) is 32.7 Å². The van der Waals surface area contributed by atoms with E-state index in [1.165, 1.54) is 0 Å². The predicted molar refractivity (Wildman–Crippen MR) is 73.0 cm³/mol. The normalized spacial score (nSPS) is 29.4. The van der Waals surface area contributed by atoms with Gasteiger partial charge in [0.1, 0.15) is 0 Å². The summed E-state index contributed by atoms with van der Waals surface area (Å²) >= 11 is 0. The monoisotopic (exact) mass is 270 g/mol. The molecule has 2 saturated heterocycles. The lowest BCUT2D eigenvalue weighted by Gasteiger charge is -2.35. The van der Waals surface area contributed by atoms with Gasteiger partial charge in [-0.05, 0) is 6.42 Å². The molecule has 0 aliphatic carbocycles. The van der Waals surface area contributed by atoms with E-state index in [9.17, 15) is 4.79 Å². The second-order valence-electron chi connectivity index (χ2n) is 6.07. The molecule has 0 aromatic carbocycles. The second-order valence-corrected chi connectivity index (χ2v) is 6.07. The Morgan fingerprint density at radius 3 is 2.58 bits per heavy atom. The maximum absolute atomic E-state index is 12.3. The Labute approximate surface area is 115 Å². The van der Waals surface area contributed by atoms with Crippen LogP contribution in [0.3, 0.4) is 0 Å². The van der Waals surface area contributed by atoms with E-state index in [4.69, 9.17) is 9.47 Å². The van der Waals surface area contributed by atoms with Crippen molar-refractivity contribution in [3.05, 3.63) is 0 Å². The molecule has 0 spiro atoms. The van der Waals surface area contributed by atoms with Crippen molar-refractivity contribution in [2.45, 2.75) is 39.3 Å². The molecule has 5 heteroatoms. The fraction of sp³-hybridized carbons (Fsp3) is 0.929. The number of amides is 1. The van der Waals surface area contributed by atoms with E-state index in [0.29, 0.717) is 19.3 Å². The van der Waals surface area contributed by atoms with Gasteiger partial charge in [0.2, 0.25) is 5.91 Å². The van der Waals surface area contributed by atoms with E-state index in [-0.39, 0.29) is 17.4 Å². The van der Waals surface area contributed by atoms with Crippen LogP contribution in [0.1, 0.15) is 27.2 Å². The van der Waals surface area contributed by atoms with Gasteiger partial charge in [-0.1, -0.05) is 20.8 Å². The molecule has 2 aliphatic heterocycles. The zero-order valence-corrected chi connectivity index (χ0v) is 12.3. The summed E-state index contributed by atoms with van der Waals surface area (Å²) in [6.07, 6.45) is 0.842. The maximum Gasteiger partial charge on any atom is 0.225 e. The first-order valence-electron chi connectivity index (χ1n) is 7.25. The number of carbonyl (C=O) groups is 1. The van der Waals surface area contributed by atoms with Crippen LogP contribution in [0.5, 0.6) is 0 Å². The fourth-order valence-corrected chi connectivity index (χ4v) is 2.47. The predicted octanol–water partition coefficient (Wildman–Crippen LogP) is 0.638. The Bertz CT molecular complexity index is 314. The number of nitrogens with zero attached hydrogens (tertiary/aromatic N) is 1. The zero-order chi connectivity index (χ0) is 13.9. The molecular weight excluding hydrogens is 244 g/mol. The molecule has 1 N–H and O–H groups in total. The standard InChI is InChI=1S/C14H26N2O3/c1-4-14(2,3)13(17)15-11-9-19-10-12(11)16-5-7-18-8-6-16/h11-12H,4-10H2,1-3H3,(H,15,17)/t11-,12-/m0/s1. The van der Waals surface area contributed by atoms with Crippen molar-refractivity contribution in [1.82, 2.24) is 10.2 Å². The Balaban J connectivity index is 1.93. The third-order valence-corrected chi connectivity index (χ3v) is 4.38. The lowest BCUT2D eigenvalue weighted by molar-refractivity contribution is -0.130. The molecule has 0 radical (unpaired) electrons. The first kappa shape index (κ1) is 14.8. The van der Waals surface area contributed by atoms with Crippen molar-refractivity contribution in [1.29, 1.82) is 0 Å². The van der Waals surface area contributed by atoms with Crippen molar-refractivity contribution < 1.29 is 14.3 Å². The van der Waals surface area contributed by atoms with Gasteiger partial charge in [-0.25, -0.2) is 0 Å². The van der Waals surface area contributed by atoms with Crippen LogP contribution < -0.4 is 5.32 Å². The molecule has 2 aliphatic rings. The summed E-state index contributed by atoms with van der Waals surface area (Å²) in [6, 6.07) is 0.400. The number of ether oxygens (including phenoxy) is 2. The molecule has 0 unspecified atom stereocenters. The SMILES string of the molecule is CCC(C)(C)C(=O)N[C@H]1COC[C@@H]1N1CCOCC1. The molecule has 2 fully saturated rings. The molecule has 0 saturated carbocycles.